The maximum atomic E-state index is 13.3. The fraction of sp³-hybridized carbons (Fsp3) is 0.565. The molecule has 0 spiro atoms. The number of hydrogen-bond acceptors (Lipinski definition) is 4. The van der Waals surface area contributed by atoms with Crippen molar-refractivity contribution in [1.29, 1.82) is 0 Å². The molecule has 1 aromatic carbocycles. The lowest BCUT2D eigenvalue weighted by Crippen LogP contribution is -2.60. The molecule has 0 aliphatic carbocycles. The van der Waals surface area contributed by atoms with E-state index in [4.69, 9.17) is 4.74 Å². The smallest absolute Gasteiger partial charge is 0.224 e. The molecular formula is C23H30N4O2. The number of benzene rings is 1. The van der Waals surface area contributed by atoms with Gasteiger partial charge in [0.05, 0.1) is 18.8 Å². The van der Waals surface area contributed by atoms with E-state index in [2.05, 4.69) is 27.0 Å². The van der Waals surface area contributed by atoms with Gasteiger partial charge in [-0.3, -0.25) is 14.4 Å². The molecule has 0 radical (unpaired) electrons. The minimum Gasteiger partial charge on any atom is -0.497 e. The number of fused-ring (bicyclic) bond motifs is 2. The van der Waals surface area contributed by atoms with Crippen molar-refractivity contribution in [2.75, 3.05) is 26.7 Å². The van der Waals surface area contributed by atoms with Crippen LogP contribution in [0.4, 0.5) is 0 Å². The summed E-state index contributed by atoms with van der Waals surface area (Å²) in [6.45, 7) is 5.81. The van der Waals surface area contributed by atoms with E-state index in [1.54, 1.807) is 7.11 Å². The standard InChI is InChI=1S/C23H30N4O2/c1-16-7-13-26(24-16)14-10-21(28)27-15-20(17-3-5-19(29-2)6-4-17)23-22(27)18-8-11-25(23)12-9-18/h3-7,13,18,20,22-23H,8-12,14-15H2,1-2H3/t20-,22+,23+/m0/s1. The third-order valence-electron chi connectivity index (χ3n) is 7.19. The zero-order chi connectivity index (χ0) is 20.0. The molecule has 4 fully saturated rings. The van der Waals surface area contributed by atoms with Gasteiger partial charge in [-0.25, -0.2) is 0 Å². The summed E-state index contributed by atoms with van der Waals surface area (Å²) in [6, 6.07) is 11.3. The molecule has 6 heteroatoms. The van der Waals surface area contributed by atoms with Gasteiger partial charge in [-0.1, -0.05) is 12.1 Å². The number of hydrogen-bond donors (Lipinski definition) is 0. The highest BCUT2D eigenvalue weighted by molar-refractivity contribution is 5.77. The summed E-state index contributed by atoms with van der Waals surface area (Å²) in [5.74, 6) is 2.18. The van der Waals surface area contributed by atoms with Crippen molar-refractivity contribution in [3.8, 4) is 5.75 Å². The van der Waals surface area contributed by atoms with E-state index < -0.39 is 0 Å². The van der Waals surface area contributed by atoms with Gasteiger partial charge in [-0.05, 0) is 62.5 Å². The highest BCUT2D eigenvalue weighted by Gasteiger charge is 2.54. The molecule has 1 amide bonds. The van der Waals surface area contributed by atoms with Gasteiger partial charge in [0.1, 0.15) is 5.75 Å². The quantitative estimate of drug-likeness (QED) is 0.782. The Hall–Kier alpha value is -2.34. The van der Waals surface area contributed by atoms with Gasteiger partial charge in [0, 0.05) is 37.7 Å². The summed E-state index contributed by atoms with van der Waals surface area (Å²) >= 11 is 0. The second-order valence-corrected chi connectivity index (χ2v) is 8.75. The predicted octanol–water partition coefficient (Wildman–Crippen LogP) is 2.68. The van der Waals surface area contributed by atoms with Crippen molar-refractivity contribution in [2.45, 2.75) is 50.7 Å². The molecule has 4 saturated heterocycles. The average molecular weight is 395 g/mol. The zero-order valence-corrected chi connectivity index (χ0v) is 17.3. The Balaban J connectivity index is 1.37. The summed E-state index contributed by atoms with van der Waals surface area (Å²) in [5, 5.41) is 4.43. The maximum absolute atomic E-state index is 13.3. The van der Waals surface area contributed by atoms with E-state index in [9.17, 15) is 4.79 Å². The molecule has 1 aromatic heterocycles. The minimum atomic E-state index is 0.276. The number of rotatable bonds is 5. The fourth-order valence-corrected chi connectivity index (χ4v) is 5.79. The van der Waals surface area contributed by atoms with Crippen LogP contribution in [0.25, 0.3) is 0 Å². The molecule has 6 nitrogen and oxygen atoms in total. The van der Waals surface area contributed by atoms with E-state index in [0.717, 1.165) is 18.0 Å². The Morgan fingerprint density at radius 1 is 1.14 bits per heavy atom. The number of amides is 1. The van der Waals surface area contributed by atoms with Crippen molar-refractivity contribution in [2.24, 2.45) is 5.92 Å². The molecule has 2 aromatic rings. The van der Waals surface area contributed by atoms with E-state index in [0.29, 0.717) is 36.9 Å². The number of ether oxygens (including phenoxy) is 1. The fourth-order valence-electron chi connectivity index (χ4n) is 5.79. The molecule has 2 bridgehead atoms. The van der Waals surface area contributed by atoms with E-state index >= 15 is 0 Å². The summed E-state index contributed by atoms with van der Waals surface area (Å²) in [7, 11) is 1.70. The van der Waals surface area contributed by atoms with Gasteiger partial charge >= 0.3 is 0 Å². The van der Waals surface area contributed by atoms with Crippen LogP contribution in [0, 0.1) is 12.8 Å². The molecule has 0 N–H and O–H groups in total. The van der Waals surface area contributed by atoms with Gasteiger partial charge in [-0.2, -0.15) is 5.10 Å². The molecule has 29 heavy (non-hydrogen) atoms. The number of methoxy groups -OCH3 is 1. The van der Waals surface area contributed by atoms with Crippen LogP contribution in [-0.2, 0) is 11.3 Å². The highest BCUT2D eigenvalue weighted by atomic mass is 16.5. The van der Waals surface area contributed by atoms with Crippen LogP contribution in [0.5, 0.6) is 5.75 Å². The number of piperidine rings is 3. The van der Waals surface area contributed by atoms with Gasteiger partial charge in [0.15, 0.2) is 0 Å². The van der Waals surface area contributed by atoms with E-state index in [-0.39, 0.29) is 5.91 Å². The lowest BCUT2D eigenvalue weighted by molar-refractivity contribution is -0.136. The molecule has 0 unspecified atom stereocenters. The second kappa shape index (κ2) is 7.48. The summed E-state index contributed by atoms with van der Waals surface area (Å²) in [4.78, 5) is 18.1. The number of likely N-dealkylation sites (tertiary alicyclic amines) is 1. The van der Waals surface area contributed by atoms with Gasteiger partial charge in [0.25, 0.3) is 0 Å². The van der Waals surface area contributed by atoms with Crippen molar-refractivity contribution in [3.63, 3.8) is 0 Å². The second-order valence-electron chi connectivity index (χ2n) is 8.75. The molecule has 5 heterocycles. The van der Waals surface area contributed by atoms with Crippen LogP contribution in [0.2, 0.25) is 0 Å². The monoisotopic (exact) mass is 394 g/mol. The van der Waals surface area contributed by atoms with Crippen LogP contribution < -0.4 is 4.74 Å². The first-order valence-electron chi connectivity index (χ1n) is 10.8. The average Bonchev–Trinajstić information content (AvgIpc) is 3.38. The highest BCUT2D eigenvalue weighted by Crippen LogP contribution is 2.46. The van der Waals surface area contributed by atoms with Crippen LogP contribution in [0.15, 0.2) is 36.5 Å². The maximum Gasteiger partial charge on any atom is 0.224 e. The van der Waals surface area contributed by atoms with E-state index in [1.807, 2.05) is 36.0 Å². The van der Waals surface area contributed by atoms with Crippen molar-refractivity contribution >= 4 is 5.91 Å². The zero-order valence-electron chi connectivity index (χ0n) is 17.3. The first-order chi connectivity index (χ1) is 14.1. The normalized spacial score (nSPS) is 30.4. The summed E-state index contributed by atoms with van der Waals surface area (Å²) in [6.07, 6.45) is 4.92. The molecule has 0 saturated carbocycles. The predicted molar refractivity (Wildman–Crippen MR) is 111 cm³/mol. The van der Waals surface area contributed by atoms with Crippen molar-refractivity contribution < 1.29 is 9.53 Å². The third-order valence-corrected chi connectivity index (χ3v) is 7.19. The van der Waals surface area contributed by atoms with Crippen molar-refractivity contribution in [1.82, 2.24) is 19.6 Å². The van der Waals surface area contributed by atoms with Crippen LogP contribution in [-0.4, -0.2) is 64.3 Å². The number of carbonyl (C=O) groups is 1. The molecule has 3 atom stereocenters. The Bertz CT molecular complexity index is 869. The lowest BCUT2D eigenvalue weighted by atomic mass is 9.75. The lowest BCUT2D eigenvalue weighted by Gasteiger charge is -2.51. The molecular weight excluding hydrogens is 364 g/mol. The van der Waals surface area contributed by atoms with Gasteiger partial charge in [0.2, 0.25) is 5.91 Å². The van der Waals surface area contributed by atoms with Gasteiger partial charge < -0.3 is 9.64 Å². The molecule has 4 aliphatic heterocycles. The van der Waals surface area contributed by atoms with Gasteiger partial charge in [-0.15, -0.1) is 0 Å². The van der Waals surface area contributed by atoms with Crippen molar-refractivity contribution in [3.05, 3.63) is 47.8 Å². The minimum absolute atomic E-state index is 0.276. The molecule has 6 rings (SSSR count). The summed E-state index contributed by atoms with van der Waals surface area (Å²) in [5.41, 5.74) is 2.32. The van der Waals surface area contributed by atoms with Crippen LogP contribution in [0.1, 0.15) is 36.4 Å². The summed E-state index contributed by atoms with van der Waals surface area (Å²) < 4.78 is 7.23. The Labute approximate surface area is 172 Å². The SMILES string of the molecule is COc1ccc([C@@H]2CN(C(=O)CCn3ccc(C)n3)[C@@H]3C4CCN(CC4)[C@@H]32)cc1. The first-order valence-corrected chi connectivity index (χ1v) is 10.8. The Kier molecular flexibility index (Phi) is 4.82. The number of nitrogens with zero attached hydrogens (tertiary/aromatic N) is 4. The number of aryl methyl sites for hydroxylation is 2. The largest absolute Gasteiger partial charge is 0.497 e. The van der Waals surface area contributed by atoms with Crippen LogP contribution in [0.3, 0.4) is 0 Å². The Morgan fingerprint density at radius 3 is 2.55 bits per heavy atom. The number of aromatic nitrogens is 2. The molecule has 4 aliphatic rings. The third kappa shape index (κ3) is 3.33. The van der Waals surface area contributed by atoms with E-state index in [1.165, 1.54) is 31.5 Å². The van der Waals surface area contributed by atoms with Crippen LogP contribution >= 0.6 is 0 Å². The molecule has 154 valence electrons. The first kappa shape index (κ1) is 18.7. The Morgan fingerprint density at radius 2 is 1.90 bits per heavy atom. The number of carbonyl (C=O) groups excluding carboxylic acids is 1. The topological polar surface area (TPSA) is 50.6 Å².